The molecular formula is C15H20N2O3. The Balaban J connectivity index is 2.44. The van der Waals surface area contributed by atoms with Crippen LogP contribution in [0.1, 0.15) is 49.9 Å². The first-order valence-corrected chi connectivity index (χ1v) is 7.10. The average Bonchev–Trinajstić information content (AvgIpc) is 2.46. The van der Waals surface area contributed by atoms with Crippen LogP contribution in [0.5, 0.6) is 0 Å². The van der Waals surface area contributed by atoms with Gasteiger partial charge in [0.05, 0.1) is 4.92 Å². The van der Waals surface area contributed by atoms with Crippen LogP contribution in [0.15, 0.2) is 18.2 Å². The fraction of sp³-hybridized carbons (Fsp3) is 0.533. The number of rotatable bonds is 4. The van der Waals surface area contributed by atoms with E-state index in [2.05, 4.69) is 11.8 Å². The van der Waals surface area contributed by atoms with Gasteiger partial charge in [0.2, 0.25) is 0 Å². The molecule has 1 aromatic carbocycles. The largest absolute Gasteiger partial charge is 0.363 e. The maximum Gasteiger partial charge on any atom is 0.293 e. The molecule has 1 fully saturated rings. The van der Waals surface area contributed by atoms with Crippen molar-refractivity contribution >= 4 is 17.2 Å². The number of benzene rings is 1. The molecule has 0 radical (unpaired) electrons. The third kappa shape index (κ3) is 2.81. The first kappa shape index (κ1) is 14.5. The summed E-state index contributed by atoms with van der Waals surface area (Å²) >= 11 is 0. The van der Waals surface area contributed by atoms with E-state index in [0.29, 0.717) is 17.3 Å². The molecule has 0 aliphatic carbocycles. The van der Waals surface area contributed by atoms with Crippen LogP contribution in [0.2, 0.25) is 0 Å². The van der Waals surface area contributed by atoms with E-state index < -0.39 is 0 Å². The van der Waals surface area contributed by atoms with Crippen molar-refractivity contribution in [3.63, 3.8) is 0 Å². The molecule has 0 spiro atoms. The van der Waals surface area contributed by atoms with Crippen molar-refractivity contribution in [2.75, 3.05) is 11.4 Å². The lowest BCUT2D eigenvalue weighted by Gasteiger charge is -2.36. The highest BCUT2D eigenvalue weighted by Gasteiger charge is 2.27. The Hall–Kier alpha value is -1.91. The zero-order valence-electron chi connectivity index (χ0n) is 12.0. The number of Topliss-reactive ketones (excluding diaryl/α,β-unsaturated/α-hetero) is 1. The van der Waals surface area contributed by atoms with E-state index in [1.54, 1.807) is 12.1 Å². The lowest BCUT2D eigenvalue weighted by molar-refractivity contribution is -0.384. The molecule has 5 heteroatoms. The maximum absolute atomic E-state index is 11.4. The fourth-order valence-electron chi connectivity index (χ4n) is 2.87. The summed E-state index contributed by atoms with van der Waals surface area (Å²) in [7, 11) is 0. The molecule has 2 rings (SSSR count). The summed E-state index contributed by atoms with van der Waals surface area (Å²) in [5.74, 6) is -0.148. The molecule has 1 aliphatic heterocycles. The van der Waals surface area contributed by atoms with Crippen molar-refractivity contribution in [1.29, 1.82) is 0 Å². The van der Waals surface area contributed by atoms with Crippen LogP contribution >= 0.6 is 0 Å². The average molecular weight is 276 g/mol. The first-order valence-electron chi connectivity index (χ1n) is 7.10. The summed E-state index contributed by atoms with van der Waals surface area (Å²) in [5, 5.41) is 11.3. The fourth-order valence-corrected chi connectivity index (χ4v) is 2.87. The van der Waals surface area contributed by atoms with Crippen LogP contribution in [-0.4, -0.2) is 23.3 Å². The summed E-state index contributed by atoms with van der Waals surface area (Å²) < 4.78 is 0. The second kappa shape index (κ2) is 6.03. The van der Waals surface area contributed by atoms with E-state index in [1.807, 2.05) is 0 Å². The van der Waals surface area contributed by atoms with E-state index in [-0.39, 0.29) is 16.4 Å². The van der Waals surface area contributed by atoms with Crippen LogP contribution in [0, 0.1) is 10.1 Å². The third-order valence-electron chi connectivity index (χ3n) is 3.99. The SMILES string of the molecule is CCC1CCCCN1c1ccc(C(C)=O)cc1[N+](=O)[O-]. The van der Waals surface area contributed by atoms with Gasteiger partial charge in [0.1, 0.15) is 5.69 Å². The van der Waals surface area contributed by atoms with Gasteiger partial charge in [-0.1, -0.05) is 6.92 Å². The number of piperidine rings is 1. The van der Waals surface area contributed by atoms with Gasteiger partial charge in [-0.25, -0.2) is 0 Å². The molecule has 1 aliphatic rings. The van der Waals surface area contributed by atoms with Crippen molar-refractivity contribution in [2.45, 2.75) is 45.6 Å². The van der Waals surface area contributed by atoms with Gasteiger partial charge in [-0.05, 0) is 44.7 Å². The van der Waals surface area contributed by atoms with Gasteiger partial charge < -0.3 is 4.90 Å². The normalized spacial score (nSPS) is 18.9. The minimum atomic E-state index is -0.386. The number of nitro groups is 1. The second-order valence-electron chi connectivity index (χ2n) is 5.27. The topological polar surface area (TPSA) is 63.5 Å². The quantitative estimate of drug-likeness (QED) is 0.479. The van der Waals surface area contributed by atoms with Crippen molar-refractivity contribution in [3.05, 3.63) is 33.9 Å². The Morgan fingerprint density at radius 2 is 2.20 bits per heavy atom. The van der Waals surface area contributed by atoms with Crippen LogP contribution < -0.4 is 4.90 Å². The Morgan fingerprint density at radius 3 is 2.80 bits per heavy atom. The monoisotopic (exact) mass is 276 g/mol. The molecule has 0 bridgehead atoms. The molecule has 0 aromatic heterocycles. The number of ketones is 1. The maximum atomic E-state index is 11.4. The van der Waals surface area contributed by atoms with Gasteiger partial charge in [-0.3, -0.25) is 14.9 Å². The van der Waals surface area contributed by atoms with Crippen LogP contribution in [0.4, 0.5) is 11.4 Å². The zero-order chi connectivity index (χ0) is 14.7. The lowest BCUT2D eigenvalue weighted by atomic mass is 9.98. The van der Waals surface area contributed by atoms with Gasteiger partial charge in [-0.15, -0.1) is 0 Å². The van der Waals surface area contributed by atoms with Gasteiger partial charge in [0.25, 0.3) is 5.69 Å². The molecule has 20 heavy (non-hydrogen) atoms. The molecule has 1 atom stereocenters. The van der Waals surface area contributed by atoms with E-state index >= 15 is 0 Å². The highest BCUT2D eigenvalue weighted by Crippen LogP contribution is 2.34. The molecule has 108 valence electrons. The number of nitro benzene ring substituents is 1. The third-order valence-corrected chi connectivity index (χ3v) is 3.99. The number of nitrogens with zero attached hydrogens (tertiary/aromatic N) is 2. The standard InChI is InChI=1S/C15H20N2O3/c1-3-13-6-4-5-9-16(13)14-8-7-12(11(2)18)10-15(14)17(19)20/h7-8,10,13H,3-6,9H2,1-2H3. The number of carbonyl (C=O) groups is 1. The van der Waals surface area contributed by atoms with Gasteiger partial charge in [0, 0.05) is 24.2 Å². The highest BCUT2D eigenvalue weighted by atomic mass is 16.6. The Kier molecular flexibility index (Phi) is 4.37. The molecule has 5 nitrogen and oxygen atoms in total. The molecule has 0 amide bonds. The first-order chi connectivity index (χ1) is 9.54. The summed E-state index contributed by atoms with van der Waals surface area (Å²) in [4.78, 5) is 24.4. The second-order valence-corrected chi connectivity index (χ2v) is 5.27. The van der Waals surface area contributed by atoms with Crippen LogP contribution in [-0.2, 0) is 0 Å². The summed E-state index contributed by atoms with van der Waals surface area (Å²) in [5.41, 5.74) is 1.08. The van der Waals surface area contributed by atoms with E-state index in [1.165, 1.54) is 19.4 Å². The number of carbonyl (C=O) groups excluding carboxylic acids is 1. The van der Waals surface area contributed by atoms with Crippen molar-refractivity contribution in [3.8, 4) is 0 Å². The summed E-state index contributed by atoms with van der Waals surface area (Å²) in [6, 6.07) is 5.17. The minimum Gasteiger partial charge on any atom is -0.363 e. The highest BCUT2D eigenvalue weighted by molar-refractivity contribution is 5.95. The van der Waals surface area contributed by atoms with Gasteiger partial charge in [-0.2, -0.15) is 0 Å². The Labute approximate surface area is 118 Å². The Bertz CT molecular complexity index is 528. The number of hydrogen-bond donors (Lipinski definition) is 0. The van der Waals surface area contributed by atoms with Gasteiger partial charge >= 0.3 is 0 Å². The molecule has 1 heterocycles. The molecule has 1 unspecified atom stereocenters. The van der Waals surface area contributed by atoms with Crippen molar-refractivity contribution in [2.24, 2.45) is 0 Å². The number of anilines is 1. The minimum absolute atomic E-state index is 0.0399. The molecule has 0 N–H and O–H groups in total. The van der Waals surface area contributed by atoms with Crippen LogP contribution in [0.3, 0.4) is 0 Å². The van der Waals surface area contributed by atoms with E-state index in [9.17, 15) is 14.9 Å². The van der Waals surface area contributed by atoms with E-state index in [0.717, 1.165) is 25.8 Å². The Morgan fingerprint density at radius 1 is 1.45 bits per heavy atom. The summed E-state index contributed by atoms with van der Waals surface area (Å²) in [6.45, 7) is 4.38. The summed E-state index contributed by atoms with van der Waals surface area (Å²) in [6.07, 6.45) is 4.28. The van der Waals surface area contributed by atoms with Crippen molar-refractivity contribution < 1.29 is 9.72 Å². The molecule has 1 saturated heterocycles. The van der Waals surface area contributed by atoms with E-state index in [4.69, 9.17) is 0 Å². The molecular weight excluding hydrogens is 256 g/mol. The van der Waals surface area contributed by atoms with Crippen LogP contribution in [0.25, 0.3) is 0 Å². The van der Waals surface area contributed by atoms with Gasteiger partial charge in [0.15, 0.2) is 5.78 Å². The lowest BCUT2D eigenvalue weighted by Crippen LogP contribution is -2.39. The van der Waals surface area contributed by atoms with Crippen molar-refractivity contribution in [1.82, 2.24) is 0 Å². The predicted octanol–water partition coefficient (Wildman–Crippen LogP) is 3.57. The smallest absolute Gasteiger partial charge is 0.293 e. The predicted molar refractivity (Wildman–Crippen MR) is 78.4 cm³/mol. The number of hydrogen-bond acceptors (Lipinski definition) is 4. The zero-order valence-corrected chi connectivity index (χ0v) is 12.0. The molecule has 1 aromatic rings. The molecule has 0 saturated carbocycles.